The Labute approximate surface area is 116 Å². The SMILES string of the molecule is CCC(=O)C1CCCN(c2ccccc2[N+](=O)[O-])C1=O. The molecule has 1 aliphatic heterocycles. The van der Waals surface area contributed by atoms with Crippen LogP contribution in [0.15, 0.2) is 24.3 Å². The van der Waals surface area contributed by atoms with Gasteiger partial charge in [-0.3, -0.25) is 19.7 Å². The number of carbonyl (C=O) groups excluding carboxylic acids is 2. The normalized spacial score (nSPS) is 18.9. The van der Waals surface area contributed by atoms with Crippen molar-refractivity contribution in [2.24, 2.45) is 5.92 Å². The summed E-state index contributed by atoms with van der Waals surface area (Å²) in [4.78, 5) is 36.1. The average Bonchev–Trinajstić information content (AvgIpc) is 2.46. The summed E-state index contributed by atoms with van der Waals surface area (Å²) in [6.07, 6.45) is 1.51. The molecule has 106 valence electrons. The minimum Gasteiger partial charge on any atom is -0.306 e. The smallest absolute Gasteiger partial charge is 0.292 e. The molecule has 0 aliphatic carbocycles. The first-order valence-corrected chi connectivity index (χ1v) is 6.63. The van der Waals surface area contributed by atoms with Crippen LogP contribution in [-0.4, -0.2) is 23.2 Å². The molecule has 1 aromatic carbocycles. The van der Waals surface area contributed by atoms with Crippen molar-refractivity contribution >= 4 is 23.1 Å². The molecule has 1 saturated heterocycles. The largest absolute Gasteiger partial charge is 0.306 e. The lowest BCUT2D eigenvalue weighted by Crippen LogP contribution is -2.44. The summed E-state index contributed by atoms with van der Waals surface area (Å²) >= 11 is 0. The molecular formula is C14H16N2O4. The molecule has 2 rings (SSSR count). The van der Waals surface area contributed by atoms with Gasteiger partial charge in [-0.1, -0.05) is 19.1 Å². The van der Waals surface area contributed by atoms with Gasteiger partial charge < -0.3 is 4.90 Å². The molecule has 0 bridgehead atoms. The van der Waals surface area contributed by atoms with Crippen LogP contribution in [0, 0.1) is 16.0 Å². The van der Waals surface area contributed by atoms with E-state index < -0.39 is 10.8 Å². The van der Waals surface area contributed by atoms with Gasteiger partial charge in [0.05, 0.1) is 10.8 Å². The van der Waals surface area contributed by atoms with Crippen molar-refractivity contribution in [1.82, 2.24) is 0 Å². The van der Waals surface area contributed by atoms with Crippen molar-refractivity contribution in [3.63, 3.8) is 0 Å². The molecule has 0 N–H and O–H groups in total. The van der Waals surface area contributed by atoms with E-state index in [1.165, 1.54) is 11.0 Å². The van der Waals surface area contributed by atoms with Gasteiger partial charge in [0.15, 0.2) is 0 Å². The summed E-state index contributed by atoms with van der Waals surface area (Å²) in [5, 5.41) is 11.0. The van der Waals surface area contributed by atoms with Gasteiger partial charge in [-0.25, -0.2) is 0 Å². The predicted octanol–water partition coefficient (Wildman–Crippen LogP) is 2.32. The summed E-state index contributed by atoms with van der Waals surface area (Å²) in [5.41, 5.74) is 0.168. The van der Waals surface area contributed by atoms with Gasteiger partial charge in [0.25, 0.3) is 5.69 Å². The highest BCUT2D eigenvalue weighted by Gasteiger charge is 2.35. The number of rotatable bonds is 4. The van der Waals surface area contributed by atoms with E-state index in [1.807, 2.05) is 0 Å². The predicted molar refractivity (Wildman–Crippen MR) is 73.5 cm³/mol. The molecule has 6 nitrogen and oxygen atoms in total. The second-order valence-corrected chi connectivity index (χ2v) is 4.75. The van der Waals surface area contributed by atoms with Crippen molar-refractivity contribution in [3.8, 4) is 0 Å². The van der Waals surface area contributed by atoms with E-state index in [1.54, 1.807) is 25.1 Å². The zero-order chi connectivity index (χ0) is 14.7. The number of benzene rings is 1. The zero-order valence-corrected chi connectivity index (χ0v) is 11.2. The van der Waals surface area contributed by atoms with E-state index in [9.17, 15) is 19.7 Å². The molecule has 1 heterocycles. The van der Waals surface area contributed by atoms with Gasteiger partial charge in [0, 0.05) is 19.0 Å². The summed E-state index contributed by atoms with van der Waals surface area (Å²) < 4.78 is 0. The van der Waals surface area contributed by atoms with Crippen LogP contribution in [0.3, 0.4) is 0 Å². The van der Waals surface area contributed by atoms with E-state index in [2.05, 4.69) is 0 Å². The zero-order valence-electron chi connectivity index (χ0n) is 11.2. The van der Waals surface area contributed by atoms with Crippen LogP contribution < -0.4 is 4.90 Å². The summed E-state index contributed by atoms with van der Waals surface area (Å²) in [6.45, 7) is 2.14. The Kier molecular flexibility index (Phi) is 4.12. The Morgan fingerprint density at radius 1 is 1.45 bits per heavy atom. The molecule has 0 aromatic heterocycles. The van der Waals surface area contributed by atoms with Crippen molar-refractivity contribution in [2.75, 3.05) is 11.4 Å². The number of hydrogen-bond acceptors (Lipinski definition) is 4. The number of hydrogen-bond donors (Lipinski definition) is 0. The standard InChI is InChI=1S/C14H16N2O4/c1-2-13(17)10-6-5-9-15(14(10)18)11-7-3-4-8-12(11)16(19)20/h3-4,7-8,10H,2,5-6,9H2,1H3. The highest BCUT2D eigenvalue weighted by molar-refractivity contribution is 6.09. The molecule has 0 radical (unpaired) electrons. The minimum atomic E-state index is -0.659. The molecule has 20 heavy (non-hydrogen) atoms. The Morgan fingerprint density at radius 2 is 2.15 bits per heavy atom. The quantitative estimate of drug-likeness (QED) is 0.480. The first-order chi connectivity index (χ1) is 9.56. The summed E-state index contributed by atoms with van der Waals surface area (Å²) in [6, 6.07) is 6.13. The molecule has 1 atom stereocenters. The molecule has 1 unspecified atom stereocenters. The van der Waals surface area contributed by atoms with Crippen LogP contribution in [0.5, 0.6) is 0 Å². The fourth-order valence-corrected chi connectivity index (χ4v) is 2.51. The molecular weight excluding hydrogens is 260 g/mol. The molecule has 6 heteroatoms. The third-order valence-corrected chi connectivity index (χ3v) is 3.54. The lowest BCUT2D eigenvalue weighted by molar-refractivity contribution is -0.384. The van der Waals surface area contributed by atoms with Crippen LogP contribution in [0.4, 0.5) is 11.4 Å². The number of anilines is 1. The lowest BCUT2D eigenvalue weighted by atomic mass is 9.91. The maximum absolute atomic E-state index is 12.4. The van der Waals surface area contributed by atoms with Gasteiger partial charge in [-0.05, 0) is 18.9 Å². The van der Waals surface area contributed by atoms with Crippen molar-refractivity contribution in [2.45, 2.75) is 26.2 Å². The molecule has 1 amide bonds. The van der Waals surface area contributed by atoms with Crippen LogP contribution in [0.25, 0.3) is 0 Å². The number of nitrogens with zero attached hydrogens (tertiary/aromatic N) is 2. The Bertz CT molecular complexity index is 556. The number of ketones is 1. The van der Waals surface area contributed by atoms with Crippen LogP contribution >= 0.6 is 0 Å². The molecule has 1 fully saturated rings. The second kappa shape index (κ2) is 5.81. The van der Waals surface area contributed by atoms with Gasteiger partial charge in [-0.15, -0.1) is 0 Å². The maximum Gasteiger partial charge on any atom is 0.292 e. The fourth-order valence-electron chi connectivity index (χ4n) is 2.51. The third kappa shape index (κ3) is 2.54. The highest BCUT2D eigenvalue weighted by atomic mass is 16.6. The number of carbonyl (C=O) groups is 2. The van der Waals surface area contributed by atoms with E-state index in [-0.39, 0.29) is 23.1 Å². The molecule has 0 saturated carbocycles. The van der Waals surface area contributed by atoms with E-state index in [0.29, 0.717) is 25.8 Å². The summed E-state index contributed by atoms with van der Waals surface area (Å²) in [7, 11) is 0. The van der Waals surface area contributed by atoms with Crippen molar-refractivity contribution < 1.29 is 14.5 Å². The Morgan fingerprint density at radius 3 is 2.80 bits per heavy atom. The number of para-hydroxylation sites is 2. The van der Waals surface area contributed by atoms with Gasteiger partial charge in [0.1, 0.15) is 11.5 Å². The monoisotopic (exact) mass is 276 g/mol. The number of piperidine rings is 1. The van der Waals surface area contributed by atoms with Gasteiger partial charge >= 0.3 is 0 Å². The average molecular weight is 276 g/mol. The second-order valence-electron chi connectivity index (χ2n) is 4.75. The Balaban J connectivity index is 2.35. The number of Topliss-reactive ketones (excluding diaryl/α,β-unsaturated/α-hetero) is 1. The number of nitro benzene ring substituents is 1. The fraction of sp³-hybridized carbons (Fsp3) is 0.429. The molecule has 0 spiro atoms. The molecule has 1 aromatic rings. The first kappa shape index (κ1) is 14.2. The first-order valence-electron chi connectivity index (χ1n) is 6.63. The lowest BCUT2D eigenvalue weighted by Gasteiger charge is -2.31. The van der Waals surface area contributed by atoms with E-state index in [4.69, 9.17) is 0 Å². The van der Waals surface area contributed by atoms with E-state index in [0.717, 1.165) is 0 Å². The Hall–Kier alpha value is -2.24. The van der Waals surface area contributed by atoms with Crippen molar-refractivity contribution in [3.05, 3.63) is 34.4 Å². The van der Waals surface area contributed by atoms with Crippen LogP contribution in [0.2, 0.25) is 0 Å². The summed E-state index contributed by atoms with van der Waals surface area (Å²) in [5.74, 6) is -1.08. The van der Waals surface area contributed by atoms with Gasteiger partial charge in [-0.2, -0.15) is 0 Å². The third-order valence-electron chi connectivity index (χ3n) is 3.54. The number of amides is 1. The van der Waals surface area contributed by atoms with Crippen LogP contribution in [-0.2, 0) is 9.59 Å². The van der Waals surface area contributed by atoms with Crippen LogP contribution in [0.1, 0.15) is 26.2 Å². The molecule has 1 aliphatic rings. The maximum atomic E-state index is 12.4. The van der Waals surface area contributed by atoms with Crippen molar-refractivity contribution in [1.29, 1.82) is 0 Å². The minimum absolute atomic E-state index is 0.0988. The topological polar surface area (TPSA) is 80.5 Å². The highest BCUT2D eigenvalue weighted by Crippen LogP contribution is 2.32. The van der Waals surface area contributed by atoms with Gasteiger partial charge in [0.2, 0.25) is 5.91 Å². The van der Waals surface area contributed by atoms with E-state index >= 15 is 0 Å². The number of nitro groups is 1.